The van der Waals surface area contributed by atoms with E-state index in [2.05, 4.69) is 0 Å². The summed E-state index contributed by atoms with van der Waals surface area (Å²) in [4.78, 5) is 13.2. The number of sulfone groups is 1. The van der Waals surface area contributed by atoms with Crippen LogP contribution in [0.25, 0.3) is 0 Å². The number of carbonyl (C=O) groups is 1. The molecule has 0 saturated carbocycles. The average Bonchev–Trinajstić information content (AvgIpc) is 2.84. The highest BCUT2D eigenvalue weighted by molar-refractivity contribution is 7.90. The quantitative estimate of drug-likeness (QED) is 0.324. The number of ether oxygens (including phenoxy) is 1. The maximum absolute atomic E-state index is 12.9. The summed E-state index contributed by atoms with van der Waals surface area (Å²) in [5, 5.41) is 0. The lowest BCUT2D eigenvalue weighted by molar-refractivity contribution is 0.0378. The fourth-order valence-electron chi connectivity index (χ4n) is 3.54. The van der Waals surface area contributed by atoms with Gasteiger partial charge in [0.1, 0.15) is 0 Å². The van der Waals surface area contributed by atoms with Gasteiger partial charge in [-0.15, -0.1) is 0 Å². The average molecular weight is 457 g/mol. The molecule has 5 heteroatoms. The molecular weight excluding hydrogens is 432 g/mol. The summed E-state index contributed by atoms with van der Waals surface area (Å²) in [6.07, 6.45) is -0.540. The Kier molecular flexibility index (Phi) is 6.71. The van der Waals surface area contributed by atoms with Gasteiger partial charge in [-0.3, -0.25) is 0 Å². The molecule has 0 aliphatic carbocycles. The third kappa shape index (κ3) is 5.57. The Bertz CT molecular complexity index is 1270. The number of hydrogen-bond donors (Lipinski definition) is 0. The van der Waals surface area contributed by atoms with Crippen LogP contribution in [0.2, 0.25) is 0 Å². The molecule has 0 amide bonds. The number of aryl methyl sites for hydroxylation is 1. The standard InChI is InChI=1S/C28H24O4S/c1-21-12-18-26(19-13-21)33(30,31)20-22-14-16-25(17-15-22)28(29)32-27(23-8-4-2-5-9-23)24-10-6-3-7-11-24/h2-19,27H,20H2,1H3. The van der Waals surface area contributed by atoms with Crippen LogP contribution in [-0.2, 0) is 20.3 Å². The van der Waals surface area contributed by atoms with Crippen molar-refractivity contribution in [3.05, 3.63) is 137 Å². The van der Waals surface area contributed by atoms with E-state index in [0.29, 0.717) is 11.1 Å². The molecule has 4 aromatic rings. The van der Waals surface area contributed by atoms with Gasteiger partial charge in [0.2, 0.25) is 0 Å². The monoisotopic (exact) mass is 456 g/mol. The van der Waals surface area contributed by atoms with Gasteiger partial charge in [-0.2, -0.15) is 0 Å². The van der Waals surface area contributed by atoms with Gasteiger partial charge in [0.25, 0.3) is 0 Å². The summed E-state index contributed by atoms with van der Waals surface area (Å²) in [6.45, 7) is 1.91. The van der Waals surface area contributed by atoms with Gasteiger partial charge in [-0.1, -0.05) is 90.5 Å². The molecule has 4 nitrogen and oxygen atoms in total. The molecule has 166 valence electrons. The van der Waals surface area contributed by atoms with E-state index in [1.165, 1.54) is 0 Å². The molecule has 0 radical (unpaired) electrons. The molecule has 0 unspecified atom stereocenters. The van der Waals surface area contributed by atoms with Gasteiger partial charge in [0.15, 0.2) is 15.9 Å². The maximum Gasteiger partial charge on any atom is 0.339 e. The smallest absolute Gasteiger partial charge is 0.339 e. The third-order valence-corrected chi connectivity index (χ3v) is 7.06. The molecule has 0 bridgehead atoms. The highest BCUT2D eigenvalue weighted by Gasteiger charge is 2.20. The summed E-state index contributed by atoms with van der Waals surface area (Å²) in [5.41, 5.74) is 3.72. The SMILES string of the molecule is Cc1ccc(S(=O)(=O)Cc2ccc(C(=O)OC(c3ccccc3)c3ccccc3)cc2)cc1. The highest BCUT2D eigenvalue weighted by atomic mass is 32.2. The van der Waals surface area contributed by atoms with Crippen molar-refractivity contribution in [2.45, 2.75) is 23.7 Å². The predicted molar refractivity (Wildman–Crippen MR) is 129 cm³/mol. The van der Waals surface area contributed by atoms with Crippen LogP contribution in [0.5, 0.6) is 0 Å². The molecule has 0 fully saturated rings. The van der Waals surface area contributed by atoms with Crippen LogP contribution in [0.4, 0.5) is 0 Å². The van der Waals surface area contributed by atoms with Crippen LogP contribution in [0, 0.1) is 6.92 Å². The minimum Gasteiger partial charge on any atom is -0.449 e. The summed E-state index contributed by atoms with van der Waals surface area (Å²) < 4.78 is 31.3. The number of esters is 1. The minimum absolute atomic E-state index is 0.137. The van der Waals surface area contributed by atoms with Crippen LogP contribution in [0.3, 0.4) is 0 Å². The van der Waals surface area contributed by atoms with Crippen molar-refractivity contribution in [3.63, 3.8) is 0 Å². The minimum atomic E-state index is -3.47. The first kappa shape index (κ1) is 22.5. The third-order valence-electron chi connectivity index (χ3n) is 5.36. The topological polar surface area (TPSA) is 60.4 Å². The van der Waals surface area contributed by atoms with E-state index >= 15 is 0 Å². The van der Waals surface area contributed by atoms with Crippen molar-refractivity contribution in [2.24, 2.45) is 0 Å². The zero-order valence-corrected chi connectivity index (χ0v) is 19.0. The Morgan fingerprint density at radius 2 is 1.24 bits per heavy atom. The molecule has 4 aromatic carbocycles. The molecule has 0 aromatic heterocycles. The zero-order chi connectivity index (χ0) is 23.3. The molecule has 0 atom stereocenters. The van der Waals surface area contributed by atoms with Crippen LogP contribution in [0.1, 0.15) is 38.7 Å². The normalized spacial score (nSPS) is 11.3. The molecule has 0 N–H and O–H groups in total. The van der Waals surface area contributed by atoms with Crippen LogP contribution < -0.4 is 0 Å². The second kappa shape index (κ2) is 9.84. The van der Waals surface area contributed by atoms with E-state index in [-0.39, 0.29) is 10.6 Å². The van der Waals surface area contributed by atoms with Crippen molar-refractivity contribution in [1.82, 2.24) is 0 Å². The molecule has 4 rings (SSSR count). The van der Waals surface area contributed by atoms with E-state index in [9.17, 15) is 13.2 Å². The van der Waals surface area contributed by atoms with Crippen LogP contribution in [0.15, 0.2) is 114 Å². The fraction of sp³-hybridized carbons (Fsp3) is 0.107. The van der Waals surface area contributed by atoms with Crippen molar-refractivity contribution < 1.29 is 17.9 Å². The molecule has 0 spiro atoms. The fourth-order valence-corrected chi connectivity index (χ4v) is 4.89. The Labute approximate surface area is 194 Å². The van der Waals surface area contributed by atoms with Crippen LogP contribution >= 0.6 is 0 Å². The Hall–Kier alpha value is -3.70. The Balaban J connectivity index is 1.51. The molecule has 0 saturated heterocycles. The van der Waals surface area contributed by atoms with E-state index in [1.807, 2.05) is 67.6 Å². The van der Waals surface area contributed by atoms with Gasteiger partial charge in [-0.25, -0.2) is 13.2 Å². The van der Waals surface area contributed by atoms with Crippen molar-refractivity contribution in [3.8, 4) is 0 Å². The largest absolute Gasteiger partial charge is 0.449 e. The summed E-state index contributed by atoms with van der Waals surface area (Å²) in [7, 11) is -3.47. The van der Waals surface area contributed by atoms with Gasteiger partial charge >= 0.3 is 5.97 Å². The van der Waals surface area contributed by atoms with Crippen molar-refractivity contribution >= 4 is 15.8 Å². The first-order valence-corrected chi connectivity index (χ1v) is 12.3. The first-order valence-electron chi connectivity index (χ1n) is 10.6. The number of hydrogen-bond acceptors (Lipinski definition) is 4. The van der Waals surface area contributed by atoms with Crippen LogP contribution in [-0.4, -0.2) is 14.4 Å². The van der Waals surface area contributed by atoms with E-state index in [1.54, 1.807) is 48.5 Å². The number of carbonyl (C=O) groups excluding carboxylic acids is 1. The second-order valence-electron chi connectivity index (χ2n) is 7.88. The van der Waals surface area contributed by atoms with Gasteiger partial charge < -0.3 is 4.74 Å². The molecule has 33 heavy (non-hydrogen) atoms. The summed E-state index contributed by atoms with van der Waals surface area (Å²) >= 11 is 0. The van der Waals surface area contributed by atoms with Crippen molar-refractivity contribution in [2.75, 3.05) is 0 Å². The molecule has 0 aliphatic heterocycles. The molecular formula is C28H24O4S. The molecule has 0 aliphatic rings. The number of rotatable bonds is 7. The lowest BCUT2D eigenvalue weighted by Gasteiger charge is -2.19. The summed E-state index contributed by atoms with van der Waals surface area (Å²) in [5.74, 6) is -0.608. The van der Waals surface area contributed by atoms with Gasteiger partial charge in [0, 0.05) is 0 Å². The second-order valence-corrected chi connectivity index (χ2v) is 9.87. The lowest BCUT2D eigenvalue weighted by Crippen LogP contribution is -2.13. The Morgan fingerprint density at radius 1 is 0.727 bits per heavy atom. The lowest BCUT2D eigenvalue weighted by atomic mass is 10.0. The number of benzene rings is 4. The molecule has 0 heterocycles. The van der Waals surface area contributed by atoms with Gasteiger partial charge in [0.05, 0.1) is 16.2 Å². The van der Waals surface area contributed by atoms with E-state index in [0.717, 1.165) is 16.7 Å². The van der Waals surface area contributed by atoms with Crippen molar-refractivity contribution in [1.29, 1.82) is 0 Å². The van der Waals surface area contributed by atoms with E-state index in [4.69, 9.17) is 4.74 Å². The predicted octanol–water partition coefficient (Wildman–Crippen LogP) is 5.92. The summed E-state index contributed by atoms with van der Waals surface area (Å²) in [6, 6.07) is 32.4. The Morgan fingerprint density at radius 3 is 1.76 bits per heavy atom. The first-order chi connectivity index (χ1) is 15.9. The van der Waals surface area contributed by atoms with E-state index < -0.39 is 21.9 Å². The zero-order valence-electron chi connectivity index (χ0n) is 18.2. The van der Waals surface area contributed by atoms with Gasteiger partial charge in [-0.05, 0) is 47.9 Å². The highest BCUT2D eigenvalue weighted by Crippen LogP contribution is 2.27. The maximum atomic E-state index is 12.9.